The highest BCUT2D eigenvalue weighted by atomic mass is 35.5. The lowest BCUT2D eigenvalue weighted by atomic mass is 10.2. The molecule has 2 aromatic carbocycles. The minimum Gasteiger partial charge on any atom is -0.497 e. The number of ether oxygens (including phenoxy) is 1. The van der Waals surface area contributed by atoms with Crippen molar-refractivity contribution < 1.29 is 9.53 Å². The van der Waals surface area contributed by atoms with Crippen LogP contribution in [0.4, 0.5) is 5.69 Å². The number of rotatable bonds is 4. The highest BCUT2D eigenvalue weighted by Crippen LogP contribution is 2.23. The number of methoxy groups -OCH3 is 1. The van der Waals surface area contributed by atoms with Crippen molar-refractivity contribution in [1.82, 2.24) is 4.57 Å². The lowest BCUT2D eigenvalue weighted by molar-refractivity contribution is -0.116. The van der Waals surface area contributed by atoms with E-state index in [1.807, 2.05) is 47.2 Å². The summed E-state index contributed by atoms with van der Waals surface area (Å²) < 4.78 is 7.09. The molecular formula is C17H15ClN2O2. The molecule has 0 unspecified atom stereocenters. The molecule has 0 saturated heterocycles. The maximum atomic E-state index is 12.2. The van der Waals surface area contributed by atoms with Crippen LogP contribution >= 0.6 is 11.6 Å². The van der Waals surface area contributed by atoms with Crippen LogP contribution in [0.15, 0.2) is 54.7 Å². The number of hydrogen-bond acceptors (Lipinski definition) is 2. The van der Waals surface area contributed by atoms with Crippen molar-refractivity contribution in [3.8, 4) is 5.75 Å². The molecule has 3 rings (SSSR count). The van der Waals surface area contributed by atoms with E-state index in [9.17, 15) is 4.79 Å². The molecule has 0 spiro atoms. The van der Waals surface area contributed by atoms with Crippen LogP contribution in [0.3, 0.4) is 0 Å². The molecular weight excluding hydrogens is 300 g/mol. The third-order valence-corrected chi connectivity index (χ3v) is 3.77. The fourth-order valence-corrected chi connectivity index (χ4v) is 2.53. The molecule has 1 amide bonds. The first-order valence-electron chi connectivity index (χ1n) is 6.84. The van der Waals surface area contributed by atoms with Crippen molar-refractivity contribution in [3.05, 3.63) is 59.8 Å². The van der Waals surface area contributed by atoms with E-state index in [0.717, 1.165) is 16.7 Å². The predicted molar refractivity (Wildman–Crippen MR) is 88.6 cm³/mol. The second-order valence-corrected chi connectivity index (χ2v) is 5.30. The quantitative estimate of drug-likeness (QED) is 0.792. The zero-order valence-electron chi connectivity index (χ0n) is 12.0. The molecule has 0 fully saturated rings. The number of aromatic nitrogens is 1. The number of anilines is 1. The fourth-order valence-electron chi connectivity index (χ4n) is 2.35. The molecule has 0 saturated carbocycles. The number of para-hydroxylation sites is 1. The highest BCUT2D eigenvalue weighted by Gasteiger charge is 2.09. The van der Waals surface area contributed by atoms with Gasteiger partial charge in [0.1, 0.15) is 12.3 Å². The Bertz CT molecular complexity index is 826. The van der Waals surface area contributed by atoms with Gasteiger partial charge in [0.2, 0.25) is 5.91 Å². The summed E-state index contributed by atoms with van der Waals surface area (Å²) in [5.41, 5.74) is 1.60. The number of nitrogens with one attached hydrogen (secondary N) is 1. The van der Waals surface area contributed by atoms with Gasteiger partial charge in [-0.05, 0) is 36.4 Å². The van der Waals surface area contributed by atoms with Crippen LogP contribution in [0.25, 0.3) is 10.9 Å². The summed E-state index contributed by atoms with van der Waals surface area (Å²) in [5.74, 6) is 0.673. The molecule has 3 aromatic rings. The van der Waals surface area contributed by atoms with E-state index in [0.29, 0.717) is 10.7 Å². The van der Waals surface area contributed by atoms with Gasteiger partial charge in [-0.2, -0.15) is 0 Å². The predicted octanol–water partition coefficient (Wildman–Crippen LogP) is 3.94. The van der Waals surface area contributed by atoms with Gasteiger partial charge in [-0.15, -0.1) is 0 Å². The second-order valence-electron chi connectivity index (χ2n) is 4.90. The van der Waals surface area contributed by atoms with Gasteiger partial charge in [0, 0.05) is 17.1 Å². The van der Waals surface area contributed by atoms with Crippen LogP contribution < -0.4 is 10.1 Å². The van der Waals surface area contributed by atoms with Crippen molar-refractivity contribution in [3.63, 3.8) is 0 Å². The van der Waals surface area contributed by atoms with Crippen LogP contribution in [0, 0.1) is 0 Å². The van der Waals surface area contributed by atoms with Crippen molar-refractivity contribution in [1.29, 1.82) is 0 Å². The van der Waals surface area contributed by atoms with Gasteiger partial charge in [-0.3, -0.25) is 4.79 Å². The Hall–Kier alpha value is -2.46. The number of halogens is 1. The van der Waals surface area contributed by atoms with E-state index in [-0.39, 0.29) is 12.5 Å². The van der Waals surface area contributed by atoms with Crippen LogP contribution in [-0.2, 0) is 11.3 Å². The number of carbonyl (C=O) groups excluding carboxylic acids is 1. The van der Waals surface area contributed by atoms with Crippen LogP contribution in [0.5, 0.6) is 5.75 Å². The lowest BCUT2D eigenvalue weighted by Crippen LogP contribution is -2.18. The van der Waals surface area contributed by atoms with Crippen LogP contribution in [0.2, 0.25) is 5.02 Å². The van der Waals surface area contributed by atoms with E-state index < -0.39 is 0 Å². The van der Waals surface area contributed by atoms with Gasteiger partial charge in [0.25, 0.3) is 0 Å². The number of nitrogens with zero attached hydrogens (tertiary/aromatic N) is 1. The highest BCUT2D eigenvalue weighted by molar-refractivity contribution is 6.33. The minimum absolute atomic E-state index is 0.124. The molecule has 0 aliphatic carbocycles. The van der Waals surface area contributed by atoms with E-state index in [2.05, 4.69) is 5.32 Å². The largest absolute Gasteiger partial charge is 0.497 e. The Labute approximate surface area is 133 Å². The number of carbonyl (C=O) groups is 1. The first-order valence-corrected chi connectivity index (χ1v) is 7.22. The Morgan fingerprint density at radius 3 is 2.82 bits per heavy atom. The Balaban J connectivity index is 1.78. The second kappa shape index (κ2) is 6.12. The van der Waals surface area contributed by atoms with Gasteiger partial charge in [0.15, 0.2) is 0 Å². The summed E-state index contributed by atoms with van der Waals surface area (Å²) in [4.78, 5) is 12.2. The Kier molecular flexibility index (Phi) is 4.02. The summed E-state index contributed by atoms with van der Waals surface area (Å²) >= 11 is 6.04. The molecule has 5 heteroatoms. The molecule has 0 atom stereocenters. The Morgan fingerprint density at radius 1 is 1.23 bits per heavy atom. The van der Waals surface area contributed by atoms with Crippen LogP contribution in [0.1, 0.15) is 0 Å². The number of fused-ring (bicyclic) bond motifs is 1. The normalized spacial score (nSPS) is 10.6. The monoisotopic (exact) mass is 314 g/mol. The van der Waals surface area contributed by atoms with Crippen molar-refractivity contribution in [2.45, 2.75) is 6.54 Å². The van der Waals surface area contributed by atoms with Gasteiger partial charge >= 0.3 is 0 Å². The summed E-state index contributed by atoms with van der Waals surface area (Å²) in [6.45, 7) is 0.223. The van der Waals surface area contributed by atoms with E-state index in [1.165, 1.54) is 0 Å². The molecule has 1 heterocycles. The average molecular weight is 315 g/mol. The number of benzene rings is 2. The lowest BCUT2D eigenvalue weighted by Gasteiger charge is -2.09. The maximum absolute atomic E-state index is 12.2. The van der Waals surface area contributed by atoms with Crippen LogP contribution in [-0.4, -0.2) is 17.6 Å². The standard InChI is InChI=1S/C17H15ClN2O2/c1-22-13-6-7-16-12(10-13)8-9-20(16)11-17(21)19-15-5-3-2-4-14(15)18/h2-10H,11H2,1H3,(H,19,21). The van der Waals surface area contributed by atoms with Crippen molar-refractivity contribution >= 4 is 34.1 Å². The summed E-state index contributed by atoms with van der Waals surface area (Å²) in [6.07, 6.45) is 1.89. The topological polar surface area (TPSA) is 43.3 Å². The van der Waals surface area contributed by atoms with Gasteiger partial charge < -0.3 is 14.6 Å². The van der Waals surface area contributed by atoms with E-state index >= 15 is 0 Å². The molecule has 0 bridgehead atoms. The third kappa shape index (κ3) is 2.92. The molecule has 0 aliphatic heterocycles. The zero-order valence-corrected chi connectivity index (χ0v) is 12.8. The molecule has 22 heavy (non-hydrogen) atoms. The first-order chi connectivity index (χ1) is 10.7. The first kappa shape index (κ1) is 14.5. The summed E-state index contributed by atoms with van der Waals surface area (Å²) in [7, 11) is 1.63. The molecule has 1 N–H and O–H groups in total. The van der Waals surface area contributed by atoms with Gasteiger partial charge in [-0.25, -0.2) is 0 Å². The summed E-state index contributed by atoms with van der Waals surface area (Å²) in [5, 5.41) is 4.38. The number of amides is 1. The molecule has 4 nitrogen and oxygen atoms in total. The number of hydrogen-bond donors (Lipinski definition) is 1. The van der Waals surface area contributed by atoms with Crippen molar-refractivity contribution in [2.75, 3.05) is 12.4 Å². The third-order valence-electron chi connectivity index (χ3n) is 3.44. The smallest absolute Gasteiger partial charge is 0.244 e. The molecule has 0 radical (unpaired) electrons. The van der Waals surface area contributed by atoms with Gasteiger partial charge in [-0.1, -0.05) is 23.7 Å². The van der Waals surface area contributed by atoms with E-state index in [1.54, 1.807) is 19.2 Å². The minimum atomic E-state index is -0.124. The fraction of sp³-hybridized carbons (Fsp3) is 0.118. The molecule has 1 aromatic heterocycles. The molecule has 112 valence electrons. The Morgan fingerprint density at radius 2 is 2.05 bits per heavy atom. The summed E-state index contributed by atoms with van der Waals surface area (Å²) in [6, 6.07) is 14.9. The zero-order chi connectivity index (χ0) is 15.5. The SMILES string of the molecule is COc1ccc2c(ccn2CC(=O)Nc2ccccc2Cl)c1. The molecule has 0 aliphatic rings. The maximum Gasteiger partial charge on any atom is 0.244 e. The van der Waals surface area contributed by atoms with E-state index in [4.69, 9.17) is 16.3 Å². The van der Waals surface area contributed by atoms with Crippen molar-refractivity contribution in [2.24, 2.45) is 0 Å². The van der Waals surface area contributed by atoms with Gasteiger partial charge in [0.05, 0.1) is 17.8 Å². The average Bonchev–Trinajstić information content (AvgIpc) is 2.91.